The second-order valence-electron chi connectivity index (χ2n) is 3.29. The molecule has 1 aromatic heterocycles. The first-order valence-corrected chi connectivity index (χ1v) is 7.88. The molecule has 102 valence electrons. The summed E-state index contributed by atoms with van der Waals surface area (Å²) < 4.78 is 26.8. The number of methoxy groups -OCH3 is 1. The lowest BCUT2D eigenvalue weighted by Gasteiger charge is -2.21. The largest absolute Gasteiger partial charge is 0.481 e. The van der Waals surface area contributed by atoms with Gasteiger partial charge < -0.3 is 29.6 Å². The third kappa shape index (κ3) is 4.06. The molecule has 0 unspecified atom stereocenters. The van der Waals surface area contributed by atoms with Crippen LogP contribution in [-0.4, -0.2) is 37.2 Å². The highest BCUT2D eigenvalue weighted by Gasteiger charge is 2.43. The average Bonchev–Trinajstić information content (AvgIpc) is 2.23. The third-order valence-corrected chi connectivity index (χ3v) is 5.22. The maximum absolute atomic E-state index is 11.0. The van der Waals surface area contributed by atoms with E-state index in [2.05, 4.69) is 10.3 Å². The van der Waals surface area contributed by atoms with Gasteiger partial charge in [-0.3, -0.25) is 9.13 Å². The van der Waals surface area contributed by atoms with E-state index in [1.165, 1.54) is 19.2 Å². The van der Waals surface area contributed by atoms with E-state index in [9.17, 15) is 9.13 Å². The summed E-state index contributed by atoms with van der Waals surface area (Å²) in [4.78, 5) is 39.3. The molecular weight excluding hydrogens is 286 g/mol. The summed E-state index contributed by atoms with van der Waals surface area (Å²) in [6, 6.07) is 2.70. The van der Waals surface area contributed by atoms with Crippen molar-refractivity contribution < 1.29 is 33.4 Å². The molecule has 0 atom stereocenters. The van der Waals surface area contributed by atoms with Crippen molar-refractivity contribution in [3.63, 3.8) is 0 Å². The molecule has 0 fully saturated rings. The van der Waals surface area contributed by atoms with Crippen molar-refractivity contribution in [2.75, 3.05) is 12.4 Å². The number of hydrogen-bond acceptors (Lipinski definition) is 5. The van der Waals surface area contributed by atoms with Crippen molar-refractivity contribution in [2.24, 2.45) is 0 Å². The van der Waals surface area contributed by atoms with Crippen LogP contribution >= 0.6 is 15.2 Å². The Kier molecular flexibility index (Phi) is 4.50. The van der Waals surface area contributed by atoms with E-state index >= 15 is 0 Å². The Hall–Kier alpha value is -0.950. The first kappa shape index (κ1) is 15.1. The maximum Gasteiger partial charge on any atom is 0.360 e. The lowest BCUT2D eigenvalue weighted by molar-refractivity contribution is 0.343. The first-order valence-electron chi connectivity index (χ1n) is 4.51. The first-order chi connectivity index (χ1) is 8.14. The maximum atomic E-state index is 11.0. The number of pyridine rings is 1. The summed E-state index contributed by atoms with van der Waals surface area (Å²) in [5, 5.41) is 2.07. The van der Waals surface area contributed by atoms with Gasteiger partial charge in [0.2, 0.25) is 11.4 Å². The van der Waals surface area contributed by atoms with E-state index < -0.39 is 20.7 Å². The van der Waals surface area contributed by atoms with E-state index in [0.717, 1.165) is 6.20 Å². The number of aromatic nitrogens is 1. The predicted molar refractivity (Wildman–Crippen MR) is 62.3 cm³/mol. The molecule has 18 heavy (non-hydrogen) atoms. The fraction of sp³-hybridized carbons (Fsp3) is 0.286. The van der Waals surface area contributed by atoms with Gasteiger partial charge in [0.15, 0.2) is 0 Å². The predicted octanol–water partition coefficient (Wildman–Crippen LogP) is 0.141. The highest BCUT2D eigenvalue weighted by atomic mass is 31.2. The molecule has 0 aromatic carbocycles. The summed E-state index contributed by atoms with van der Waals surface area (Å²) in [5.41, 5.74) is -2.26. The molecule has 0 aliphatic rings. The fourth-order valence-corrected chi connectivity index (χ4v) is 3.30. The number of ether oxygens (including phenoxy) is 1. The number of nitrogens with zero attached hydrogens (tertiary/aromatic N) is 1. The lowest BCUT2D eigenvalue weighted by atomic mass is 10.4. The number of anilines is 1. The second kappa shape index (κ2) is 5.36. The van der Waals surface area contributed by atoms with E-state index in [4.69, 9.17) is 24.3 Å². The number of hydrogen-bond donors (Lipinski definition) is 5. The molecule has 1 rings (SSSR count). The molecule has 1 aromatic rings. The Morgan fingerprint density at radius 2 is 1.78 bits per heavy atom. The summed E-state index contributed by atoms with van der Waals surface area (Å²) in [7, 11) is -8.65. The lowest BCUT2D eigenvalue weighted by Crippen LogP contribution is -2.19. The smallest absolute Gasteiger partial charge is 0.360 e. The van der Waals surface area contributed by atoms with Gasteiger partial charge in [-0.15, -0.1) is 0 Å². The zero-order valence-electron chi connectivity index (χ0n) is 9.16. The van der Waals surface area contributed by atoms with E-state index in [1.54, 1.807) is 0 Å². The Labute approximate surface area is 102 Å². The zero-order chi connectivity index (χ0) is 14.0. The van der Waals surface area contributed by atoms with Gasteiger partial charge in [-0.05, 0) is 6.07 Å². The van der Waals surface area contributed by atoms with Crippen LogP contribution in [0.25, 0.3) is 0 Å². The quantitative estimate of drug-likeness (QED) is 0.478. The normalized spacial score (nSPS) is 12.6. The molecule has 0 saturated carbocycles. The Balaban J connectivity index is 2.97. The van der Waals surface area contributed by atoms with Crippen LogP contribution in [0.5, 0.6) is 5.88 Å². The Morgan fingerprint density at radius 1 is 1.22 bits per heavy atom. The average molecular weight is 298 g/mol. The zero-order valence-corrected chi connectivity index (χ0v) is 11.0. The van der Waals surface area contributed by atoms with Crippen molar-refractivity contribution in [2.45, 2.75) is 5.52 Å². The van der Waals surface area contributed by atoms with Crippen molar-refractivity contribution in [1.82, 2.24) is 4.98 Å². The van der Waals surface area contributed by atoms with Gasteiger partial charge in [0.05, 0.1) is 19.0 Å². The minimum absolute atomic E-state index is 0.0486. The molecule has 5 N–H and O–H groups in total. The molecule has 9 nitrogen and oxygen atoms in total. The molecule has 0 spiro atoms. The van der Waals surface area contributed by atoms with Crippen LogP contribution in [0.1, 0.15) is 0 Å². The minimum Gasteiger partial charge on any atom is -0.481 e. The van der Waals surface area contributed by atoms with Crippen LogP contribution in [-0.2, 0) is 9.13 Å². The van der Waals surface area contributed by atoms with Crippen molar-refractivity contribution >= 4 is 20.9 Å². The third-order valence-electron chi connectivity index (χ3n) is 1.88. The van der Waals surface area contributed by atoms with Crippen LogP contribution in [0.2, 0.25) is 0 Å². The number of nitrogens with one attached hydrogen (secondary N) is 1. The molecule has 1 heterocycles. The fourth-order valence-electron chi connectivity index (χ4n) is 1.10. The number of rotatable bonds is 5. The van der Waals surface area contributed by atoms with Gasteiger partial charge in [0, 0.05) is 6.07 Å². The monoisotopic (exact) mass is 298 g/mol. The van der Waals surface area contributed by atoms with Gasteiger partial charge >= 0.3 is 15.2 Å². The summed E-state index contributed by atoms with van der Waals surface area (Å²) in [5.74, 6) is 0.254. The van der Waals surface area contributed by atoms with Crippen molar-refractivity contribution in [3.8, 4) is 5.88 Å². The van der Waals surface area contributed by atoms with E-state index in [1.807, 2.05) is 0 Å². The van der Waals surface area contributed by atoms with Crippen molar-refractivity contribution in [1.29, 1.82) is 0 Å². The van der Waals surface area contributed by atoms with Gasteiger partial charge in [-0.1, -0.05) is 0 Å². The molecule has 0 bridgehead atoms. The SMILES string of the molecule is COc1ccc(NC(P(=O)(O)O)P(=O)(O)O)cn1. The van der Waals surface area contributed by atoms with Crippen LogP contribution in [0.15, 0.2) is 18.3 Å². The molecule has 0 radical (unpaired) electrons. The standard InChI is InChI=1S/C7H12N2O7P2/c1-16-6-3-2-5(4-8-6)9-7(17(10,11)12)18(13,14)15/h2-4,7,9H,1H3,(H2,10,11,12)(H2,13,14,15). The molecule has 0 saturated heterocycles. The van der Waals surface area contributed by atoms with Crippen LogP contribution in [0, 0.1) is 0 Å². The van der Waals surface area contributed by atoms with Crippen molar-refractivity contribution in [3.05, 3.63) is 18.3 Å². The van der Waals surface area contributed by atoms with Gasteiger partial charge in [-0.25, -0.2) is 4.98 Å². The van der Waals surface area contributed by atoms with Gasteiger partial charge in [-0.2, -0.15) is 0 Å². The second-order valence-corrected chi connectivity index (χ2v) is 7.08. The summed E-state index contributed by atoms with van der Waals surface area (Å²) >= 11 is 0. The van der Waals surface area contributed by atoms with Gasteiger partial charge in [0.25, 0.3) is 0 Å². The highest BCUT2D eigenvalue weighted by molar-refractivity contribution is 7.71. The molecule has 11 heteroatoms. The van der Waals surface area contributed by atoms with Crippen LogP contribution in [0.3, 0.4) is 0 Å². The topological polar surface area (TPSA) is 149 Å². The molecule has 0 amide bonds. The Bertz CT molecular complexity index is 471. The molecule has 0 aliphatic carbocycles. The van der Waals surface area contributed by atoms with E-state index in [0.29, 0.717) is 0 Å². The molecule has 0 aliphatic heterocycles. The summed E-state index contributed by atoms with van der Waals surface area (Å²) in [6.45, 7) is 0. The van der Waals surface area contributed by atoms with E-state index in [-0.39, 0.29) is 11.6 Å². The van der Waals surface area contributed by atoms with Gasteiger partial charge in [0.1, 0.15) is 0 Å². The Morgan fingerprint density at radius 3 is 2.11 bits per heavy atom. The van der Waals surface area contributed by atoms with Crippen LogP contribution < -0.4 is 10.1 Å². The molecular formula is C7H12N2O7P2. The van der Waals surface area contributed by atoms with Crippen LogP contribution in [0.4, 0.5) is 5.69 Å². The minimum atomic E-state index is -5.01. The summed E-state index contributed by atoms with van der Waals surface area (Å²) in [6.07, 6.45) is 1.14. The highest BCUT2D eigenvalue weighted by Crippen LogP contribution is 2.59.